The van der Waals surface area contributed by atoms with Crippen molar-refractivity contribution < 1.29 is 9.53 Å². The molecule has 0 saturated carbocycles. The normalized spacial score (nSPS) is 17.0. The number of carbonyl (C=O) groups excluding carboxylic acids is 1. The number of hydrogen-bond acceptors (Lipinski definition) is 5. The summed E-state index contributed by atoms with van der Waals surface area (Å²) >= 11 is 0. The number of fused-ring (bicyclic) bond motifs is 2. The zero-order valence-electron chi connectivity index (χ0n) is 15.3. The van der Waals surface area contributed by atoms with Crippen LogP contribution in [0.15, 0.2) is 48.9 Å². The van der Waals surface area contributed by atoms with Gasteiger partial charge < -0.3 is 14.6 Å². The molecule has 1 aromatic carbocycles. The second-order valence-corrected chi connectivity index (χ2v) is 6.85. The van der Waals surface area contributed by atoms with Gasteiger partial charge in [0, 0.05) is 44.9 Å². The van der Waals surface area contributed by atoms with Crippen molar-refractivity contribution in [1.82, 2.24) is 24.8 Å². The fourth-order valence-corrected chi connectivity index (χ4v) is 3.59. The van der Waals surface area contributed by atoms with Crippen LogP contribution in [-0.2, 0) is 22.6 Å². The molecule has 1 atom stereocenters. The number of benzene rings is 1. The molecule has 0 bridgehead atoms. The maximum absolute atomic E-state index is 11.7. The number of nitrogens with zero attached hydrogens (tertiary/aromatic N) is 4. The summed E-state index contributed by atoms with van der Waals surface area (Å²) in [6.45, 7) is 3.03. The van der Waals surface area contributed by atoms with Crippen LogP contribution in [0.3, 0.4) is 0 Å². The summed E-state index contributed by atoms with van der Waals surface area (Å²) in [4.78, 5) is 23.2. The van der Waals surface area contributed by atoms with Gasteiger partial charge in [-0.1, -0.05) is 24.3 Å². The van der Waals surface area contributed by atoms with E-state index in [-0.39, 0.29) is 18.6 Å². The molecule has 1 aliphatic rings. The van der Waals surface area contributed by atoms with E-state index in [9.17, 15) is 4.79 Å². The second-order valence-electron chi connectivity index (χ2n) is 6.85. The van der Waals surface area contributed by atoms with Crippen LogP contribution in [0.5, 0.6) is 0 Å². The van der Waals surface area contributed by atoms with Crippen molar-refractivity contribution in [2.75, 3.05) is 26.8 Å². The molecular weight excluding hydrogens is 342 g/mol. The van der Waals surface area contributed by atoms with Crippen molar-refractivity contribution in [2.45, 2.75) is 19.1 Å². The van der Waals surface area contributed by atoms with Gasteiger partial charge in [-0.25, -0.2) is 4.98 Å². The van der Waals surface area contributed by atoms with E-state index in [1.165, 1.54) is 7.11 Å². The number of nitrogens with one attached hydrogen (secondary N) is 1. The predicted octanol–water partition coefficient (Wildman–Crippen LogP) is 1.75. The third-order valence-electron chi connectivity index (χ3n) is 4.85. The topological polar surface area (TPSA) is 72.3 Å². The zero-order chi connectivity index (χ0) is 18.6. The van der Waals surface area contributed by atoms with Crippen LogP contribution in [0.1, 0.15) is 17.4 Å². The summed E-state index contributed by atoms with van der Waals surface area (Å²) in [5.74, 6) is -0.104. The highest BCUT2D eigenvalue weighted by Crippen LogP contribution is 2.22. The monoisotopic (exact) mass is 365 g/mol. The van der Waals surface area contributed by atoms with E-state index in [2.05, 4.69) is 38.0 Å². The Morgan fingerprint density at radius 3 is 3.07 bits per heavy atom. The third-order valence-corrected chi connectivity index (χ3v) is 4.85. The summed E-state index contributed by atoms with van der Waals surface area (Å²) in [5.41, 5.74) is 3.21. The summed E-state index contributed by atoms with van der Waals surface area (Å²) in [6.07, 6.45) is 3.73. The third kappa shape index (κ3) is 3.99. The molecule has 3 heterocycles. The summed E-state index contributed by atoms with van der Waals surface area (Å²) in [5, 5.41) is 4.09. The highest BCUT2D eigenvalue weighted by molar-refractivity contribution is 5.78. The number of aromatic nitrogens is 3. The number of para-hydroxylation sites is 1. The fraction of sp³-hybridized carbons (Fsp3) is 0.350. The van der Waals surface area contributed by atoms with Crippen LogP contribution >= 0.6 is 0 Å². The lowest BCUT2D eigenvalue weighted by Crippen LogP contribution is -2.42. The number of pyridine rings is 1. The second kappa shape index (κ2) is 7.85. The Bertz CT molecular complexity index is 939. The first kappa shape index (κ1) is 17.6. The minimum Gasteiger partial charge on any atom is -0.375 e. The van der Waals surface area contributed by atoms with E-state index >= 15 is 0 Å². The highest BCUT2D eigenvalue weighted by Gasteiger charge is 2.25. The van der Waals surface area contributed by atoms with Gasteiger partial charge in [-0.15, -0.1) is 0 Å². The molecule has 0 unspecified atom stereocenters. The van der Waals surface area contributed by atoms with Gasteiger partial charge in [0.2, 0.25) is 5.91 Å². The van der Waals surface area contributed by atoms with E-state index in [0.29, 0.717) is 6.54 Å². The Kier molecular flexibility index (Phi) is 5.13. The molecular formula is C20H23N5O2. The predicted molar refractivity (Wildman–Crippen MR) is 102 cm³/mol. The molecule has 0 spiro atoms. The maximum atomic E-state index is 11.7. The van der Waals surface area contributed by atoms with E-state index in [1.54, 1.807) is 0 Å². The Morgan fingerprint density at radius 2 is 2.19 bits per heavy atom. The van der Waals surface area contributed by atoms with Crippen molar-refractivity contribution >= 4 is 16.8 Å². The molecule has 1 N–H and O–H groups in total. The van der Waals surface area contributed by atoms with Gasteiger partial charge in [0.25, 0.3) is 0 Å². The number of carbonyl (C=O) groups is 1. The number of hydrogen-bond donors (Lipinski definition) is 1. The van der Waals surface area contributed by atoms with E-state index < -0.39 is 0 Å². The molecule has 1 aliphatic heterocycles. The smallest absolute Gasteiger partial charge is 0.246 e. The Balaban J connectivity index is 1.47. The molecule has 0 fully saturated rings. The van der Waals surface area contributed by atoms with Crippen LogP contribution in [0.2, 0.25) is 0 Å². The molecule has 7 heteroatoms. The largest absolute Gasteiger partial charge is 0.375 e. The lowest BCUT2D eigenvalue weighted by Gasteiger charge is -2.34. The van der Waals surface area contributed by atoms with Gasteiger partial charge in [0.15, 0.2) is 0 Å². The van der Waals surface area contributed by atoms with Gasteiger partial charge in [-0.05, 0) is 12.1 Å². The van der Waals surface area contributed by atoms with Gasteiger partial charge in [-0.3, -0.25) is 14.7 Å². The van der Waals surface area contributed by atoms with Gasteiger partial charge in [0.1, 0.15) is 6.61 Å². The molecule has 140 valence electrons. The number of amides is 1. The highest BCUT2D eigenvalue weighted by atomic mass is 16.5. The number of methoxy groups -OCH3 is 1. The van der Waals surface area contributed by atoms with Crippen LogP contribution in [-0.4, -0.2) is 52.1 Å². The van der Waals surface area contributed by atoms with Gasteiger partial charge in [-0.2, -0.15) is 0 Å². The van der Waals surface area contributed by atoms with Crippen LogP contribution in [0.4, 0.5) is 0 Å². The van der Waals surface area contributed by atoms with Crippen molar-refractivity contribution in [3.8, 4) is 0 Å². The number of imidazole rings is 1. The van der Waals surface area contributed by atoms with Crippen LogP contribution in [0, 0.1) is 0 Å². The standard InChI is InChI=1S/C20H23N5O2/c1-27-13-20(26)22-9-18-12-24(11-17-8-21-14-25(17)18)10-16-7-6-15-4-2-3-5-19(15)23-16/h2-8,14,18H,9-13H2,1H3,(H,22,26)/t18-/m0/s1. The number of rotatable bonds is 6. The molecule has 27 heavy (non-hydrogen) atoms. The van der Waals surface area contributed by atoms with Crippen LogP contribution in [0.25, 0.3) is 10.9 Å². The molecule has 1 amide bonds. The molecule has 0 saturated heterocycles. The average molecular weight is 365 g/mol. The van der Waals surface area contributed by atoms with Crippen molar-refractivity contribution in [1.29, 1.82) is 0 Å². The lowest BCUT2D eigenvalue weighted by molar-refractivity contribution is -0.124. The zero-order valence-corrected chi connectivity index (χ0v) is 15.3. The lowest BCUT2D eigenvalue weighted by atomic mass is 10.1. The van der Waals surface area contributed by atoms with Crippen LogP contribution < -0.4 is 5.32 Å². The average Bonchev–Trinajstić information content (AvgIpc) is 3.15. The van der Waals surface area contributed by atoms with E-state index in [0.717, 1.165) is 41.9 Å². The molecule has 0 radical (unpaired) electrons. The molecule has 7 nitrogen and oxygen atoms in total. The minimum absolute atomic E-state index is 0.0776. The first-order chi connectivity index (χ1) is 13.2. The quantitative estimate of drug-likeness (QED) is 0.721. The van der Waals surface area contributed by atoms with E-state index in [1.807, 2.05) is 30.7 Å². The van der Waals surface area contributed by atoms with Crippen molar-refractivity contribution in [3.05, 3.63) is 60.3 Å². The van der Waals surface area contributed by atoms with Gasteiger partial charge >= 0.3 is 0 Å². The molecule has 3 aromatic rings. The first-order valence-corrected chi connectivity index (χ1v) is 9.06. The Hall–Kier alpha value is -2.77. The Labute approximate surface area is 158 Å². The fourth-order valence-electron chi connectivity index (χ4n) is 3.59. The summed E-state index contributed by atoms with van der Waals surface area (Å²) < 4.78 is 7.03. The van der Waals surface area contributed by atoms with E-state index in [4.69, 9.17) is 9.72 Å². The SMILES string of the molecule is COCC(=O)NC[C@H]1CN(Cc2ccc3ccccc3n2)Cc2cncn21. The molecule has 4 rings (SSSR count). The Morgan fingerprint density at radius 1 is 1.30 bits per heavy atom. The minimum atomic E-state index is -0.104. The summed E-state index contributed by atoms with van der Waals surface area (Å²) in [7, 11) is 1.52. The molecule has 2 aromatic heterocycles. The molecule has 0 aliphatic carbocycles. The van der Waals surface area contributed by atoms with Crippen molar-refractivity contribution in [2.24, 2.45) is 0 Å². The van der Waals surface area contributed by atoms with Crippen molar-refractivity contribution in [3.63, 3.8) is 0 Å². The van der Waals surface area contributed by atoms with Gasteiger partial charge in [0.05, 0.1) is 29.3 Å². The maximum Gasteiger partial charge on any atom is 0.246 e. The summed E-state index contributed by atoms with van der Waals surface area (Å²) in [6, 6.07) is 12.5. The first-order valence-electron chi connectivity index (χ1n) is 9.06. The number of ether oxygens (including phenoxy) is 1.